The molecule has 1 aromatic rings. The van der Waals surface area contributed by atoms with Crippen LogP contribution in [0.3, 0.4) is 0 Å². The molecule has 0 bridgehead atoms. The topological polar surface area (TPSA) is 54.0 Å². The zero-order valence-corrected chi connectivity index (χ0v) is 11.8. The molecule has 4 nitrogen and oxygen atoms in total. The van der Waals surface area contributed by atoms with Crippen molar-refractivity contribution in [2.75, 3.05) is 30.9 Å². The van der Waals surface area contributed by atoms with E-state index in [1.807, 2.05) is 17.8 Å². The van der Waals surface area contributed by atoms with Gasteiger partial charge < -0.3 is 10.6 Å². The quantitative estimate of drug-likeness (QED) is 0.710. The van der Waals surface area contributed by atoms with E-state index in [-0.39, 0.29) is 5.91 Å². The second-order valence-electron chi connectivity index (χ2n) is 3.99. The Bertz CT molecular complexity index is 371. The van der Waals surface area contributed by atoms with Gasteiger partial charge in [0.2, 0.25) is 0 Å². The SMILES string of the molecule is CNC(=O)c1cc(NCCCCCSC)ccn1. The van der Waals surface area contributed by atoms with Crippen molar-refractivity contribution < 1.29 is 4.79 Å². The molecule has 0 unspecified atom stereocenters. The molecular formula is C13H21N3OS. The summed E-state index contributed by atoms with van der Waals surface area (Å²) >= 11 is 1.89. The van der Waals surface area contributed by atoms with E-state index in [9.17, 15) is 4.79 Å². The molecule has 0 aliphatic carbocycles. The molecule has 1 rings (SSSR count). The number of pyridine rings is 1. The maximum absolute atomic E-state index is 11.4. The van der Waals surface area contributed by atoms with E-state index in [4.69, 9.17) is 0 Å². The molecule has 0 aliphatic heterocycles. The van der Waals surface area contributed by atoms with Gasteiger partial charge in [0.25, 0.3) is 5.91 Å². The summed E-state index contributed by atoms with van der Waals surface area (Å²) in [7, 11) is 1.61. The lowest BCUT2D eigenvalue weighted by Crippen LogP contribution is -2.19. The molecule has 1 heterocycles. The van der Waals surface area contributed by atoms with Gasteiger partial charge in [-0.1, -0.05) is 6.42 Å². The lowest BCUT2D eigenvalue weighted by atomic mass is 10.2. The summed E-state index contributed by atoms with van der Waals surface area (Å²) in [6.07, 6.45) is 7.44. The minimum Gasteiger partial charge on any atom is -0.385 e. The van der Waals surface area contributed by atoms with Gasteiger partial charge in [-0.05, 0) is 37.0 Å². The Morgan fingerprint density at radius 1 is 1.39 bits per heavy atom. The minimum absolute atomic E-state index is 0.154. The summed E-state index contributed by atoms with van der Waals surface area (Å²) in [4.78, 5) is 15.4. The molecule has 2 N–H and O–H groups in total. The van der Waals surface area contributed by atoms with Crippen molar-refractivity contribution in [3.05, 3.63) is 24.0 Å². The largest absolute Gasteiger partial charge is 0.385 e. The van der Waals surface area contributed by atoms with E-state index in [1.165, 1.54) is 18.6 Å². The van der Waals surface area contributed by atoms with Gasteiger partial charge in [-0.15, -0.1) is 0 Å². The molecule has 1 amide bonds. The third-order valence-corrected chi connectivity index (χ3v) is 3.27. The number of nitrogens with zero attached hydrogens (tertiary/aromatic N) is 1. The van der Waals surface area contributed by atoms with Crippen molar-refractivity contribution in [1.82, 2.24) is 10.3 Å². The Morgan fingerprint density at radius 3 is 2.94 bits per heavy atom. The predicted molar refractivity (Wildman–Crippen MR) is 78.3 cm³/mol. The van der Waals surface area contributed by atoms with Crippen molar-refractivity contribution in [2.45, 2.75) is 19.3 Å². The Labute approximate surface area is 113 Å². The van der Waals surface area contributed by atoms with Gasteiger partial charge in [-0.3, -0.25) is 9.78 Å². The Morgan fingerprint density at radius 2 is 2.22 bits per heavy atom. The number of nitrogens with one attached hydrogen (secondary N) is 2. The van der Waals surface area contributed by atoms with Crippen molar-refractivity contribution in [1.29, 1.82) is 0 Å². The average Bonchev–Trinajstić information content (AvgIpc) is 2.42. The van der Waals surface area contributed by atoms with Gasteiger partial charge in [0.15, 0.2) is 0 Å². The van der Waals surface area contributed by atoms with Gasteiger partial charge in [-0.25, -0.2) is 0 Å². The van der Waals surface area contributed by atoms with Crippen LogP contribution in [0.4, 0.5) is 5.69 Å². The van der Waals surface area contributed by atoms with Gasteiger partial charge in [0.05, 0.1) is 0 Å². The third-order valence-electron chi connectivity index (χ3n) is 2.57. The predicted octanol–water partition coefficient (Wildman–Crippen LogP) is 2.39. The molecule has 0 aromatic carbocycles. The van der Waals surface area contributed by atoms with Gasteiger partial charge in [0, 0.05) is 25.5 Å². The molecule has 18 heavy (non-hydrogen) atoms. The number of rotatable bonds is 8. The van der Waals surface area contributed by atoms with Gasteiger partial charge in [-0.2, -0.15) is 11.8 Å². The number of hydrogen-bond donors (Lipinski definition) is 2. The van der Waals surface area contributed by atoms with Crippen LogP contribution < -0.4 is 10.6 Å². The zero-order valence-electron chi connectivity index (χ0n) is 11.0. The first kappa shape index (κ1) is 14.8. The summed E-state index contributed by atoms with van der Waals surface area (Å²) in [6, 6.07) is 3.66. The zero-order chi connectivity index (χ0) is 13.2. The first-order chi connectivity index (χ1) is 8.77. The molecule has 0 aliphatic rings. The molecule has 0 saturated heterocycles. The Hall–Kier alpha value is -1.23. The van der Waals surface area contributed by atoms with Gasteiger partial charge in [0.1, 0.15) is 5.69 Å². The lowest BCUT2D eigenvalue weighted by molar-refractivity contribution is 0.0958. The molecule has 0 saturated carbocycles. The van der Waals surface area contributed by atoms with Crippen LogP contribution >= 0.6 is 11.8 Å². The van der Waals surface area contributed by atoms with Crippen LogP contribution in [-0.4, -0.2) is 36.5 Å². The minimum atomic E-state index is -0.154. The highest BCUT2D eigenvalue weighted by Gasteiger charge is 2.04. The third kappa shape index (κ3) is 5.40. The second-order valence-corrected chi connectivity index (χ2v) is 4.97. The smallest absolute Gasteiger partial charge is 0.269 e. The maximum atomic E-state index is 11.4. The monoisotopic (exact) mass is 267 g/mol. The van der Waals surface area contributed by atoms with E-state index in [0.717, 1.165) is 18.7 Å². The summed E-state index contributed by atoms with van der Waals surface area (Å²) in [6.45, 7) is 0.936. The van der Waals surface area contributed by atoms with Crippen molar-refractivity contribution >= 4 is 23.4 Å². The fourth-order valence-corrected chi connectivity index (χ4v) is 2.07. The van der Waals surface area contributed by atoms with Crippen LogP contribution in [0.5, 0.6) is 0 Å². The van der Waals surface area contributed by atoms with E-state index in [1.54, 1.807) is 19.3 Å². The molecular weight excluding hydrogens is 246 g/mol. The van der Waals surface area contributed by atoms with E-state index < -0.39 is 0 Å². The molecule has 100 valence electrons. The second kappa shape index (κ2) is 8.80. The highest BCUT2D eigenvalue weighted by atomic mass is 32.2. The van der Waals surface area contributed by atoms with Crippen molar-refractivity contribution in [3.63, 3.8) is 0 Å². The number of carbonyl (C=O) groups excluding carboxylic acids is 1. The summed E-state index contributed by atoms with van der Waals surface area (Å²) < 4.78 is 0. The standard InChI is InChI=1S/C13H21N3OS/c1-14-13(17)12-10-11(6-8-16-12)15-7-4-3-5-9-18-2/h6,8,10H,3-5,7,9H2,1-2H3,(H,14,17)(H,15,16). The molecule has 5 heteroatoms. The number of thioether (sulfide) groups is 1. The van der Waals surface area contributed by atoms with Crippen LogP contribution in [0.1, 0.15) is 29.8 Å². The number of anilines is 1. The fourth-order valence-electron chi connectivity index (χ4n) is 1.57. The highest BCUT2D eigenvalue weighted by molar-refractivity contribution is 7.98. The van der Waals surface area contributed by atoms with Crippen molar-refractivity contribution in [2.24, 2.45) is 0 Å². The number of unbranched alkanes of at least 4 members (excludes halogenated alkanes) is 2. The van der Waals surface area contributed by atoms with Crippen LogP contribution in [0.25, 0.3) is 0 Å². The highest BCUT2D eigenvalue weighted by Crippen LogP contribution is 2.09. The van der Waals surface area contributed by atoms with Crippen LogP contribution in [0.2, 0.25) is 0 Å². The Kier molecular flexibility index (Phi) is 7.25. The van der Waals surface area contributed by atoms with E-state index in [2.05, 4.69) is 21.9 Å². The van der Waals surface area contributed by atoms with Gasteiger partial charge >= 0.3 is 0 Å². The van der Waals surface area contributed by atoms with E-state index in [0.29, 0.717) is 5.69 Å². The van der Waals surface area contributed by atoms with E-state index >= 15 is 0 Å². The fraction of sp³-hybridized carbons (Fsp3) is 0.538. The number of hydrogen-bond acceptors (Lipinski definition) is 4. The lowest BCUT2D eigenvalue weighted by Gasteiger charge is -2.07. The molecule has 1 aromatic heterocycles. The van der Waals surface area contributed by atoms with Crippen LogP contribution in [0, 0.1) is 0 Å². The van der Waals surface area contributed by atoms with Crippen LogP contribution in [0.15, 0.2) is 18.3 Å². The molecule has 0 fully saturated rings. The summed E-state index contributed by atoms with van der Waals surface area (Å²) in [5.41, 5.74) is 1.40. The number of amides is 1. The number of aromatic nitrogens is 1. The normalized spacial score (nSPS) is 10.1. The number of carbonyl (C=O) groups is 1. The molecule has 0 atom stereocenters. The molecule has 0 spiro atoms. The van der Waals surface area contributed by atoms with Crippen molar-refractivity contribution in [3.8, 4) is 0 Å². The maximum Gasteiger partial charge on any atom is 0.269 e. The first-order valence-electron chi connectivity index (χ1n) is 6.19. The summed E-state index contributed by atoms with van der Waals surface area (Å²) in [5, 5.41) is 5.88. The van der Waals surface area contributed by atoms with Crippen LogP contribution in [-0.2, 0) is 0 Å². The molecule has 0 radical (unpaired) electrons. The average molecular weight is 267 g/mol. The summed E-state index contributed by atoms with van der Waals surface area (Å²) in [5.74, 6) is 1.08. The first-order valence-corrected chi connectivity index (χ1v) is 7.58. The Balaban J connectivity index is 2.32.